The van der Waals surface area contributed by atoms with Gasteiger partial charge in [0.15, 0.2) is 0 Å². The van der Waals surface area contributed by atoms with E-state index in [9.17, 15) is 8.78 Å². The van der Waals surface area contributed by atoms with Crippen LogP contribution in [0.25, 0.3) is 0 Å². The summed E-state index contributed by atoms with van der Waals surface area (Å²) in [6.07, 6.45) is 2.62. The molecule has 16 heavy (non-hydrogen) atoms. The largest absolute Gasteiger partial charge is 0.316 e. The summed E-state index contributed by atoms with van der Waals surface area (Å²) in [6.45, 7) is 4.71. The van der Waals surface area contributed by atoms with Crippen LogP contribution in [0.5, 0.6) is 0 Å². The Kier molecular flexibility index (Phi) is 5.62. The lowest BCUT2D eigenvalue weighted by Gasteiger charge is -2.33. The zero-order chi connectivity index (χ0) is 12.0. The summed E-state index contributed by atoms with van der Waals surface area (Å²) >= 11 is 0. The first kappa shape index (κ1) is 13.8. The molecule has 1 saturated carbocycles. The number of halogens is 2. The Morgan fingerprint density at radius 1 is 1.31 bits per heavy atom. The standard InChI is InChI=1S/C12H24F2N2/c1-3-15-9-12(6-4-5-7-12)10-16(2)8-11(13)14/h11,15H,3-10H2,1-2H3. The van der Waals surface area contributed by atoms with E-state index in [2.05, 4.69) is 12.2 Å². The molecule has 1 aliphatic carbocycles. The molecule has 2 nitrogen and oxygen atoms in total. The lowest BCUT2D eigenvalue weighted by molar-refractivity contribution is 0.0756. The lowest BCUT2D eigenvalue weighted by atomic mass is 9.85. The van der Waals surface area contributed by atoms with Gasteiger partial charge in [0.1, 0.15) is 0 Å². The van der Waals surface area contributed by atoms with Crippen LogP contribution in [-0.2, 0) is 0 Å². The van der Waals surface area contributed by atoms with Crippen LogP contribution in [0.1, 0.15) is 32.6 Å². The van der Waals surface area contributed by atoms with Crippen LogP contribution in [0.15, 0.2) is 0 Å². The number of nitrogens with one attached hydrogen (secondary N) is 1. The monoisotopic (exact) mass is 234 g/mol. The molecular formula is C12H24F2N2. The number of hydrogen-bond donors (Lipinski definition) is 1. The molecule has 96 valence electrons. The third-order valence-corrected chi connectivity index (χ3v) is 3.47. The van der Waals surface area contributed by atoms with E-state index in [0.29, 0.717) is 0 Å². The Morgan fingerprint density at radius 3 is 2.44 bits per heavy atom. The third-order valence-electron chi connectivity index (χ3n) is 3.47. The molecule has 1 rings (SSSR count). The third kappa shape index (κ3) is 4.34. The van der Waals surface area contributed by atoms with Crippen molar-refractivity contribution in [3.8, 4) is 0 Å². The van der Waals surface area contributed by atoms with Gasteiger partial charge in [-0.25, -0.2) is 8.78 Å². The van der Waals surface area contributed by atoms with E-state index in [0.717, 1.165) is 19.6 Å². The van der Waals surface area contributed by atoms with Crippen molar-refractivity contribution >= 4 is 0 Å². The summed E-state index contributed by atoms with van der Waals surface area (Å²) in [7, 11) is 1.80. The van der Waals surface area contributed by atoms with Gasteiger partial charge in [0.2, 0.25) is 0 Å². The lowest BCUT2D eigenvalue weighted by Crippen LogP contribution is -2.42. The van der Waals surface area contributed by atoms with Crippen LogP contribution in [0.4, 0.5) is 8.78 Å². The zero-order valence-corrected chi connectivity index (χ0v) is 10.4. The molecule has 0 radical (unpaired) electrons. The van der Waals surface area contributed by atoms with Crippen molar-refractivity contribution in [2.24, 2.45) is 5.41 Å². The molecule has 4 heteroatoms. The Balaban J connectivity index is 2.43. The second-order valence-corrected chi connectivity index (χ2v) is 5.08. The minimum atomic E-state index is -2.22. The van der Waals surface area contributed by atoms with Gasteiger partial charge in [-0.05, 0) is 31.8 Å². The molecule has 0 aromatic rings. The second-order valence-electron chi connectivity index (χ2n) is 5.08. The number of alkyl halides is 2. The fourth-order valence-corrected chi connectivity index (χ4v) is 2.78. The molecule has 0 saturated heterocycles. The highest BCUT2D eigenvalue weighted by Gasteiger charge is 2.34. The van der Waals surface area contributed by atoms with Crippen LogP contribution in [0.3, 0.4) is 0 Å². The maximum Gasteiger partial charge on any atom is 0.251 e. The quantitative estimate of drug-likeness (QED) is 0.727. The predicted octanol–water partition coefficient (Wildman–Crippen LogP) is 2.35. The maximum atomic E-state index is 12.3. The van der Waals surface area contributed by atoms with Gasteiger partial charge in [-0.1, -0.05) is 19.8 Å². The van der Waals surface area contributed by atoms with E-state index in [-0.39, 0.29) is 12.0 Å². The number of nitrogens with zero attached hydrogens (tertiary/aromatic N) is 1. The van der Waals surface area contributed by atoms with Crippen LogP contribution in [0.2, 0.25) is 0 Å². The van der Waals surface area contributed by atoms with Gasteiger partial charge >= 0.3 is 0 Å². The molecule has 1 aliphatic rings. The van der Waals surface area contributed by atoms with Gasteiger partial charge in [0, 0.05) is 13.1 Å². The summed E-state index contributed by atoms with van der Waals surface area (Å²) in [5, 5.41) is 3.38. The first-order chi connectivity index (χ1) is 7.58. The fraction of sp³-hybridized carbons (Fsp3) is 1.00. The molecular weight excluding hydrogens is 210 g/mol. The minimum absolute atomic E-state index is 0.103. The van der Waals surface area contributed by atoms with E-state index in [4.69, 9.17) is 0 Å². The van der Waals surface area contributed by atoms with Crippen molar-refractivity contribution in [1.29, 1.82) is 0 Å². The Labute approximate surface area is 97.4 Å². The summed E-state index contributed by atoms with van der Waals surface area (Å²) < 4.78 is 24.6. The Hall–Kier alpha value is -0.220. The number of rotatable bonds is 7. The molecule has 0 bridgehead atoms. The molecule has 0 unspecified atom stereocenters. The highest BCUT2D eigenvalue weighted by molar-refractivity contribution is 4.88. The summed E-state index contributed by atoms with van der Waals surface area (Å²) in [5.41, 5.74) is 0.236. The van der Waals surface area contributed by atoms with Crippen LogP contribution in [-0.4, -0.2) is 44.6 Å². The highest BCUT2D eigenvalue weighted by Crippen LogP contribution is 2.38. The van der Waals surface area contributed by atoms with Gasteiger partial charge in [0.25, 0.3) is 6.43 Å². The maximum absolute atomic E-state index is 12.3. The highest BCUT2D eigenvalue weighted by atomic mass is 19.3. The van der Waals surface area contributed by atoms with E-state index >= 15 is 0 Å². The van der Waals surface area contributed by atoms with Crippen LogP contribution < -0.4 is 5.32 Å². The second kappa shape index (κ2) is 6.50. The average Bonchev–Trinajstić information content (AvgIpc) is 2.62. The zero-order valence-electron chi connectivity index (χ0n) is 10.4. The molecule has 1 fully saturated rings. The molecule has 0 aromatic heterocycles. The van der Waals surface area contributed by atoms with Crippen molar-refractivity contribution in [3.63, 3.8) is 0 Å². The molecule has 0 heterocycles. The molecule has 1 N–H and O–H groups in total. The molecule has 0 aliphatic heterocycles. The Morgan fingerprint density at radius 2 is 1.94 bits per heavy atom. The predicted molar refractivity (Wildman–Crippen MR) is 62.9 cm³/mol. The fourth-order valence-electron chi connectivity index (χ4n) is 2.78. The van der Waals surface area contributed by atoms with Gasteiger partial charge in [-0.2, -0.15) is 0 Å². The van der Waals surface area contributed by atoms with Crippen molar-refractivity contribution in [1.82, 2.24) is 10.2 Å². The molecule has 0 spiro atoms. The molecule has 0 aromatic carbocycles. The van der Waals surface area contributed by atoms with E-state index in [1.807, 2.05) is 0 Å². The topological polar surface area (TPSA) is 15.3 Å². The van der Waals surface area contributed by atoms with Crippen molar-refractivity contribution in [2.45, 2.75) is 39.0 Å². The number of hydrogen-bond acceptors (Lipinski definition) is 2. The summed E-state index contributed by atoms with van der Waals surface area (Å²) in [5.74, 6) is 0. The normalized spacial score (nSPS) is 19.9. The van der Waals surface area contributed by atoms with E-state index in [1.165, 1.54) is 25.7 Å². The van der Waals surface area contributed by atoms with Gasteiger partial charge in [0.05, 0.1) is 6.54 Å². The van der Waals surface area contributed by atoms with E-state index in [1.54, 1.807) is 11.9 Å². The molecule has 0 amide bonds. The summed E-state index contributed by atoms with van der Waals surface area (Å²) in [4.78, 5) is 1.79. The van der Waals surface area contributed by atoms with Crippen molar-refractivity contribution < 1.29 is 8.78 Å². The SMILES string of the molecule is CCNCC1(CN(C)CC(F)F)CCCC1. The van der Waals surface area contributed by atoms with Crippen LogP contribution in [0, 0.1) is 5.41 Å². The van der Waals surface area contributed by atoms with E-state index < -0.39 is 6.43 Å². The smallest absolute Gasteiger partial charge is 0.251 e. The van der Waals surface area contributed by atoms with Crippen molar-refractivity contribution in [3.05, 3.63) is 0 Å². The first-order valence-electron chi connectivity index (χ1n) is 6.25. The summed E-state index contributed by atoms with van der Waals surface area (Å²) in [6, 6.07) is 0. The van der Waals surface area contributed by atoms with Crippen molar-refractivity contribution in [2.75, 3.05) is 33.2 Å². The molecule has 0 atom stereocenters. The van der Waals surface area contributed by atoms with Gasteiger partial charge < -0.3 is 10.2 Å². The van der Waals surface area contributed by atoms with Gasteiger partial charge in [-0.3, -0.25) is 0 Å². The van der Waals surface area contributed by atoms with Gasteiger partial charge in [-0.15, -0.1) is 0 Å². The first-order valence-corrected chi connectivity index (χ1v) is 6.25. The Bertz CT molecular complexity index is 191. The van der Waals surface area contributed by atoms with Crippen LogP contribution >= 0.6 is 0 Å². The minimum Gasteiger partial charge on any atom is -0.316 e. The average molecular weight is 234 g/mol.